The van der Waals surface area contributed by atoms with Gasteiger partial charge in [0.2, 0.25) is 0 Å². The fourth-order valence-corrected chi connectivity index (χ4v) is 9.79. The lowest BCUT2D eigenvalue weighted by molar-refractivity contribution is -0.327. The summed E-state index contributed by atoms with van der Waals surface area (Å²) in [5, 5.41) is 83.5. The number of unbranched alkanes of at least 4 members (excludes halogenated alkanes) is 22. The average Bonchev–Trinajstić information content (AvgIpc) is 3.61. The molecular weight excluding hydrogens is 1130 g/mol. The lowest BCUT2D eigenvalue weighted by Crippen LogP contribution is -2.61. The number of nitrogens with one attached hydrogen (secondary N) is 1. The maximum absolute atomic E-state index is 12.9. The first kappa shape index (κ1) is 80.9. The molecule has 1 aliphatic heterocycles. The van der Waals surface area contributed by atoms with Crippen molar-refractivity contribution in [3.63, 3.8) is 0 Å². The van der Waals surface area contributed by atoms with Crippen molar-refractivity contribution < 1.29 is 107 Å². The molecule has 10 N–H and O–H groups in total. The van der Waals surface area contributed by atoms with Gasteiger partial charge >= 0.3 is 19.8 Å². The van der Waals surface area contributed by atoms with Crippen LogP contribution in [0.4, 0.5) is 0 Å². The van der Waals surface area contributed by atoms with Crippen molar-refractivity contribution in [1.29, 1.82) is 0 Å². The zero-order chi connectivity index (χ0) is 62.4. The molecule has 0 radical (unpaired) electrons. The molecule has 2 unspecified atom stereocenters. The van der Waals surface area contributed by atoms with Gasteiger partial charge in [0.05, 0.1) is 85.4 Å². The molecule has 1 rings (SSSR count). The van der Waals surface area contributed by atoms with Crippen LogP contribution in [0.5, 0.6) is 0 Å². The van der Waals surface area contributed by atoms with Gasteiger partial charge in [-0.3, -0.25) is 18.6 Å². The fraction of sp³-hybridized carbons (Fsp3) is 0.902. The van der Waals surface area contributed by atoms with E-state index in [-0.39, 0.29) is 92.0 Å². The van der Waals surface area contributed by atoms with Crippen LogP contribution in [0.2, 0.25) is 0 Å². The van der Waals surface area contributed by atoms with E-state index in [1.807, 2.05) is 0 Å². The molecule has 0 aliphatic carbocycles. The molecule has 1 fully saturated rings. The number of phosphoric acid groups is 1. The predicted molar refractivity (Wildman–Crippen MR) is 321 cm³/mol. The molecule has 0 saturated carbocycles. The van der Waals surface area contributed by atoms with Gasteiger partial charge in [-0.2, -0.15) is 0 Å². The predicted octanol–water partition coefficient (Wildman–Crippen LogP) is 6.57. The quantitative estimate of drug-likeness (QED) is 0.0133. The molecule has 23 nitrogen and oxygen atoms in total. The summed E-state index contributed by atoms with van der Waals surface area (Å²) in [6, 6.07) is 0. The molecule has 0 aromatic carbocycles. The topological polar surface area (TPSA) is 338 Å². The average molecular weight is 1250 g/mol. The number of aliphatic hydroxyl groups is 8. The minimum Gasteiger partial charge on any atom is -0.462 e. The Morgan fingerprint density at radius 3 is 1.47 bits per heavy atom. The summed E-state index contributed by atoms with van der Waals surface area (Å²) in [6.07, 6.45) is 22.8. The third kappa shape index (κ3) is 44.9. The van der Waals surface area contributed by atoms with E-state index in [9.17, 15) is 59.9 Å². The summed E-state index contributed by atoms with van der Waals surface area (Å²) in [4.78, 5) is 35.9. The van der Waals surface area contributed by atoms with Gasteiger partial charge in [-0.1, -0.05) is 141 Å². The SMILES string of the molecule is CCCCCCCC/C=C\CCCCCCCC(=O)OCC(COP(=O)(O)OCCOCCOCCOCCOCCNC[C@H](O)[C@@H](O)[C@H](O[C@@H]1O[C@H](CO)[C@H](O)[C@H](O)[C@H]1O)[C@H](O)CO)OC(=O)CCCCCCC/C=C\CCCCCCCC. The third-order valence-corrected chi connectivity index (χ3v) is 15.2. The molecule has 24 heteroatoms. The zero-order valence-electron chi connectivity index (χ0n) is 51.8. The Bertz CT molecular complexity index is 1650. The van der Waals surface area contributed by atoms with E-state index in [1.165, 1.54) is 77.0 Å². The monoisotopic (exact) mass is 1250 g/mol. The minimum atomic E-state index is -4.60. The highest BCUT2D eigenvalue weighted by molar-refractivity contribution is 7.47. The molecule has 0 amide bonds. The normalized spacial score (nSPS) is 20.0. The third-order valence-electron chi connectivity index (χ3n) is 14.2. The summed E-state index contributed by atoms with van der Waals surface area (Å²) in [7, 11) is -4.60. The molecule has 0 bridgehead atoms. The second kappa shape index (κ2) is 56.0. The molecule has 1 saturated heterocycles. The van der Waals surface area contributed by atoms with Gasteiger partial charge in [-0.25, -0.2) is 4.57 Å². The van der Waals surface area contributed by atoms with E-state index in [4.69, 9.17) is 46.9 Å². The highest BCUT2D eigenvalue weighted by Crippen LogP contribution is 2.43. The molecular formula is C61H116NO22P. The Morgan fingerprint density at radius 2 is 0.988 bits per heavy atom. The first-order valence-electron chi connectivity index (χ1n) is 32.1. The molecule has 1 aliphatic rings. The summed E-state index contributed by atoms with van der Waals surface area (Å²) in [5.74, 6) is -0.952. The van der Waals surface area contributed by atoms with Crippen LogP contribution in [0, 0.1) is 0 Å². The van der Waals surface area contributed by atoms with Gasteiger partial charge in [0.15, 0.2) is 12.4 Å². The van der Waals surface area contributed by atoms with Crippen LogP contribution in [0.3, 0.4) is 0 Å². The van der Waals surface area contributed by atoms with Crippen LogP contribution in [-0.4, -0.2) is 218 Å². The second-order valence-electron chi connectivity index (χ2n) is 21.8. The number of carbonyl (C=O) groups is 2. The first-order chi connectivity index (χ1) is 41.2. The Balaban J connectivity index is 2.33. The molecule has 0 aromatic heterocycles. The first-order valence-corrected chi connectivity index (χ1v) is 33.6. The number of ether oxygens (including phenoxy) is 8. The van der Waals surface area contributed by atoms with Crippen molar-refractivity contribution in [3.8, 4) is 0 Å². The Hall–Kier alpha value is -2.07. The van der Waals surface area contributed by atoms with Crippen LogP contribution in [-0.2, 0) is 61.1 Å². The minimum absolute atomic E-state index is 0.0465. The van der Waals surface area contributed by atoms with Crippen molar-refractivity contribution in [1.82, 2.24) is 5.32 Å². The smallest absolute Gasteiger partial charge is 0.462 e. The number of carbonyl (C=O) groups excluding carboxylic acids is 2. The summed E-state index contributed by atoms with van der Waals surface area (Å²) >= 11 is 0. The molecule has 1 heterocycles. The van der Waals surface area contributed by atoms with Gasteiger partial charge in [0.1, 0.15) is 49.3 Å². The molecule has 85 heavy (non-hydrogen) atoms. The lowest BCUT2D eigenvalue weighted by Gasteiger charge is -2.42. The second-order valence-corrected chi connectivity index (χ2v) is 23.3. The van der Waals surface area contributed by atoms with Gasteiger partial charge in [-0.05, 0) is 64.2 Å². The van der Waals surface area contributed by atoms with E-state index in [2.05, 4.69) is 43.5 Å². The van der Waals surface area contributed by atoms with Gasteiger partial charge < -0.3 is 89.0 Å². The van der Waals surface area contributed by atoms with E-state index >= 15 is 0 Å². The largest absolute Gasteiger partial charge is 0.472 e. The van der Waals surface area contributed by atoms with Crippen LogP contribution < -0.4 is 5.32 Å². The van der Waals surface area contributed by atoms with Crippen molar-refractivity contribution in [2.45, 2.75) is 255 Å². The number of rotatable bonds is 61. The highest BCUT2D eigenvalue weighted by atomic mass is 31.2. The van der Waals surface area contributed by atoms with E-state index in [1.54, 1.807) is 0 Å². The van der Waals surface area contributed by atoms with E-state index in [0.29, 0.717) is 12.8 Å². The van der Waals surface area contributed by atoms with E-state index in [0.717, 1.165) is 77.0 Å². The van der Waals surface area contributed by atoms with Crippen LogP contribution in [0.25, 0.3) is 0 Å². The summed E-state index contributed by atoms with van der Waals surface area (Å²) < 4.78 is 66.6. The van der Waals surface area contributed by atoms with Gasteiger partial charge in [0, 0.05) is 25.9 Å². The Kier molecular flexibility index (Phi) is 53.3. The standard InChI is InChI=1S/C61H116NO22P/c1-3-5-7-9-11-13-15-17-19-21-23-25-27-29-31-33-54(67)79-48-50(82-55(68)34-32-30-28-26-24-22-20-18-16-14-12-10-8-6-4-2)49-81-85(73,74)80-44-43-78-42-41-77-40-39-76-38-37-75-36-35-62-45-51(65)56(69)60(52(66)46-63)84-61-59(72)58(71)57(70)53(47-64)83-61/h17-20,50-53,56-66,69-72H,3-16,21-49H2,1-2H3,(H,73,74)/b19-17-,20-18-/t50?,51-,52+,53+,56+,57-,58-,59+,60+,61-/m0/s1. The van der Waals surface area contributed by atoms with Crippen LogP contribution in [0.15, 0.2) is 24.3 Å². The van der Waals surface area contributed by atoms with Crippen LogP contribution >= 0.6 is 7.82 Å². The number of phosphoric ester groups is 1. The molecule has 0 aromatic rings. The summed E-state index contributed by atoms with van der Waals surface area (Å²) in [5.41, 5.74) is 0. The maximum atomic E-state index is 12.9. The molecule has 0 spiro atoms. The van der Waals surface area contributed by atoms with Crippen molar-refractivity contribution in [3.05, 3.63) is 24.3 Å². The number of aliphatic hydroxyl groups excluding tert-OH is 8. The molecule has 502 valence electrons. The zero-order valence-corrected chi connectivity index (χ0v) is 52.7. The van der Waals surface area contributed by atoms with Gasteiger partial charge in [0.25, 0.3) is 0 Å². The van der Waals surface area contributed by atoms with Crippen molar-refractivity contribution in [2.24, 2.45) is 0 Å². The summed E-state index contributed by atoms with van der Waals surface area (Å²) in [6.45, 7) is 3.28. The number of hydrogen-bond donors (Lipinski definition) is 10. The lowest BCUT2D eigenvalue weighted by atomic mass is 9.98. The van der Waals surface area contributed by atoms with Crippen LogP contribution in [0.1, 0.15) is 194 Å². The Morgan fingerprint density at radius 1 is 0.541 bits per heavy atom. The maximum Gasteiger partial charge on any atom is 0.472 e. The van der Waals surface area contributed by atoms with Crippen molar-refractivity contribution in [2.75, 3.05) is 99.0 Å². The van der Waals surface area contributed by atoms with E-state index < -0.39 is 101 Å². The number of hydrogen-bond acceptors (Lipinski definition) is 22. The highest BCUT2D eigenvalue weighted by Gasteiger charge is 2.47. The molecule has 11 atom stereocenters. The number of allylic oxidation sites excluding steroid dienone is 4. The van der Waals surface area contributed by atoms with Crippen molar-refractivity contribution >= 4 is 19.8 Å². The number of esters is 2. The van der Waals surface area contributed by atoms with Gasteiger partial charge in [-0.15, -0.1) is 0 Å². The Labute approximate surface area is 508 Å². The fourth-order valence-electron chi connectivity index (χ4n) is 9.06.